The Morgan fingerprint density at radius 2 is 2.25 bits per heavy atom. The van der Waals surface area contributed by atoms with Crippen molar-refractivity contribution in [2.75, 3.05) is 5.75 Å². The van der Waals surface area contributed by atoms with E-state index in [4.69, 9.17) is 0 Å². The summed E-state index contributed by atoms with van der Waals surface area (Å²) in [5, 5.41) is 0.198. The van der Waals surface area contributed by atoms with E-state index in [-0.39, 0.29) is 5.25 Å². The highest BCUT2D eigenvalue weighted by Crippen LogP contribution is 2.29. The Labute approximate surface area is 115 Å². The normalized spacial score (nSPS) is 20.8. The molecule has 3 heteroatoms. The van der Waals surface area contributed by atoms with E-state index < -0.39 is 0 Å². The van der Waals surface area contributed by atoms with Crippen molar-refractivity contribution >= 4 is 40.1 Å². The molecule has 1 atom stereocenters. The van der Waals surface area contributed by atoms with E-state index in [0.717, 1.165) is 21.3 Å². The summed E-state index contributed by atoms with van der Waals surface area (Å²) >= 11 is 4.11. The fourth-order valence-corrected chi connectivity index (χ4v) is 3.85. The van der Waals surface area contributed by atoms with Crippen LogP contribution in [0.5, 0.6) is 0 Å². The monoisotopic (exact) mass is 346 g/mol. The number of thioether (sulfide) groups is 1. The highest BCUT2D eigenvalue weighted by atomic mass is 127. The molecule has 1 nitrogen and oxygen atoms in total. The lowest BCUT2D eigenvalue weighted by Crippen LogP contribution is -2.22. The minimum absolute atomic E-state index is 0.198. The van der Waals surface area contributed by atoms with Gasteiger partial charge in [0.2, 0.25) is 0 Å². The summed E-state index contributed by atoms with van der Waals surface area (Å²) in [6, 6.07) is 6.01. The summed E-state index contributed by atoms with van der Waals surface area (Å²) in [6.07, 6.45) is 3.51. The second-order valence-corrected chi connectivity index (χ2v) is 6.55. The fraction of sp³-hybridized carbons (Fsp3) is 0.462. The third-order valence-corrected chi connectivity index (χ3v) is 5.74. The molecule has 0 bridgehead atoms. The van der Waals surface area contributed by atoms with Crippen LogP contribution in [0.1, 0.15) is 35.2 Å². The summed E-state index contributed by atoms with van der Waals surface area (Å²) < 4.78 is 1.12. The van der Waals surface area contributed by atoms with Gasteiger partial charge in [-0.1, -0.05) is 24.6 Å². The lowest BCUT2D eigenvalue weighted by Gasteiger charge is -2.20. The predicted molar refractivity (Wildman–Crippen MR) is 78.3 cm³/mol. The van der Waals surface area contributed by atoms with Crippen LogP contribution in [0.15, 0.2) is 18.2 Å². The third kappa shape index (κ3) is 2.62. The second-order valence-electron chi connectivity index (χ2n) is 4.16. The van der Waals surface area contributed by atoms with E-state index >= 15 is 0 Å². The molecule has 1 heterocycles. The van der Waals surface area contributed by atoms with Gasteiger partial charge in [0.25, 0.3) is 0 Å². The van der Waals surface area contributed by atoms with Gasteiger partial charge >= 0.3 is 0 Å². The number of rotatable bonds is 2. The van der Waals surface area contributed by atoms with Crippen LogP contribution >= 0.6 is 34.4 Å². The molecular formula is C13H15IOS. The molecular weight excluding hydrogens is 331 g/mol. The smallest absolute Gasteiger partial charge is 0.176 e. The van der Waals surface area contributed by atoms with E-state index in [9.17, 15) is 4.79 Å². The molecule has 0 saturated carbocycles. The van der Waals surface area contributed by atoms with Gasteiger partial charge in [-0.25, -0.2) is 0 Å². The van der Waals surface area contributed by atoms with Gasteiger partial charge < -0.3 is 0 Å². The van der Waals surface area contributed by atoms with Crippen molar-refractivity contribution in [1.82, 2.24) is 0 Å². The fourth-order valence-electron chi connectivity index (χ4n) is 1.96. The van der Waals surface area contributed by atoms with Crippen LogP contribution in [-0.4, -0.2) is 16.8 Å². The van der Waals surface area contributed by atoms with Crippen molar-refractivity contribution in [2.24, 2.45) is 0 Å². The zero-order valence-corrected chi connectivity index (χ0v) is 12.3. The SMILES string of the molecule is Cc1cccc(C(=O)C2CCCCS2)c1I. The van der Waals surface area contributed by atoms with E-state index in [1.165, 1.54) is 18.4 Å². The van der Waals surface area contributed by atoms with Gasteiger partial charge in [0.15, 0.2) is 5.78 Å². The number of benzene rings is 1. The Kier molecular flexibility index (Phi) is 4.30. The van der Waals surface area contributed by atoms with Crippen LogP contribution in [0.4, 0.5) is 0 Å². The van der Waals surface area contributed by atoms with Crippen LogP contribution in [0.3, 0.4) is 0 Å². The molecule has 16 heavy (non-hydrogen) atoms. The molecule has 0 aliphatic carbocycles. The first-order chi connectivity index (χ1) is 7.70. The molecule has 0 N–H and O–H groups in total. The Morgan fingerprint density at radius 3 is 2.94 bits per heavy atom. The highest BCUT2D eigenvalue weighted by molar-refractivity contribution is 14.1. The molecule has 1 aliphatic heterocycles. The van der Waals surface area contributed by atoms with Gasteiger partial charge in [-0.15, -0.1) is 0 Å². The van der Waals surface area contributed by atoms with Crippen molar-refractivity contribution in [2.45, 2.75) is 31.4 Å². The molecule has 0 amide bonds. The van der Waals surface area contributed by atoms with Crippen molar-refractivity contribution in [1.29, 1.82) is 0 Å². The highest BCUT2D eigenvalue weighted by Gasteiger charge is 2.24. The summed E-state index contributed by atoms with van der Waals surface area (Å²) in [5.41, 5.74) is 2.12. The number of Topliss-reactive ketones (excluding diaryl/α,β-unsaturated/α-hetero) is 1. The maximum atomic E-state index is 12.3. The molecule has 1 aliphatic rings. The standard InChI is InChI=1S/C13H15IOS/c1-9-5-4-6-10(12(9)14)13(15)11-7-2-3-8-16-11/h4-6,11H,2-3,7-8H2,1H3. The van der Waals surface area contributed by atoms with E-state index in [1.54, 1.807) is 0 Å². The van der Waals surface area contributed by atoms with Crippen LogP contribution in [0.2, 0.25) is 0 Å². The molecule has 86 valence electrons. The average molecular weight is 346 g/mol. The third-order valence-electron chi connectivity index (χ3n) is 2.93. The van der Waals surface area contributed by atoms with Gasteiger partial charge in [0.05, 0.1) is 5.25 Å². The average Bonchev–Trinajstić information content (AvgIpc) is 2.33. The number of ketones is 1. The number of carbonyl (C=O) groups is 1. The first-order valence-corrected chi connectivity index (χ1v) is 7.74. The van der Waals surface area contributed by atoms with Crippen LogP contribution < -0.4 is 0 Å². The lowest BCUT2D eigenvalue weighted by atomic mass is 10.0. The number of aryl methyl sites for hydroxylation is 1. The minimum Gasteiger partial charge on any atom is -0.293 e. The van der Waals surface area contributed by atoms with Gasteiger partial charge in [-0.05, 0) is 53.7 Å². The molecule has 1 fully saturated rings. The molecule has 1 saturated heterocycles. The van der Waals surface area contributed by atoms with Crippen molar-refractivity contribution < 1.29 is 4.79 Å². The molecule has 1 aromatic rings. The van der Waals surface area contributed by atoms with Crippen molar-refractivity contribution in [3.8, 4) is 0 Å². The zero-order valence-electron chi connectivity index (χ0n) is 9.33. The van der Waals surface area contributed by atoms with Crippen molar-refractivity contribution in [3.63, 3.8) is 0 Å². The van der Waals surface area contributed by atoms with Crippen LogP contribution in [0.25, 0.3) is 0 Å². The van der Waals surface area contributed by atoms with E-state index in [2.05, 4.69) is 35.6 Å². The van der Waals surface area contributed by atoms with Gasteiger partial charge in [0.1, 0.15) is 0 Å². The van der Waals surface area contributed by atoms with Crippen LogP contribution in [-0.2, 0) is 0 Å². The lowest BCUT2D eigenvalue weighted by molar-refractivity contribution is 0.0984. The number of carbonyl (C=O) groups excluding carboxylic acids is 1. The number of hydrogen-bond acceptors (Lipinski definition) is 2. The minimum atomic E-state index is 0.198. The molecule has 0 spiro atoms. The molecule has 0 aromatic heterocycles. The topological polar surface area (TPSA) is 17.1 Å². The summed E-state index contributed by atoms with van der Waals surface area (Å²) in [4.78, 5) is 12.3. The zero-order chi connectivity index (χ0) is 11.5. The van der Waals surface area contributed by atoms with Crippen LogP contribution in [0, 0.1) is 10.5 Å². The first kappa shape index (κ1) is 12.4. The first-order valence-electron chi connectivity index (χ1n) is 5.61. The summed E-state index contributed by atoms with van der Waals surface area (Å²) in [7, 11) is 0. The number of hydrogen-bond donors (Lipinski definition) is 0. The Bertz CT molecular complexity index is 397. The molecule has 1 unspecified atom stereocenters. The van der Waals surface area contributed by atoms with Gasteiger partial charge in [-0.2, -0.15) is 11.8 Å². The molecule has 2 rings (SSSR count). The van der Waals surface area contributed by atoms with Gasteiger partial charge in [0, 0.05) is 9.13 Å². The summed E-state index contributed by atoms with van der Waals surface area (Å²) in [6.45, 7) is 2.06. The quantitative estimate of drug-likeness (QED) is 0.593. The predicted octanol–water partition coefficient (Wildman–Crippen LogP) is 4.07. The molecule has 1 aromatic carbocycles. The molecule has 0 radical (unpaired) electrons. The Balaban J connectivity index is 2.22. The van der Waals surface area contributed by atoms with Crippen molar-refractivity contribution in [3.05, 3.63) is 32.9 Å². The maximum Gasteiger partial charge on any atom is 0.176 e. The second kappa shape index (κ2) is 5.54. The largest absolute Gasteiger partial charge is 0.293 e. The Morgan fingerprint density at radius 1 is 1.44 bits per heavy atom. The van der Waals surface area contributed by atoms with E-state index in [1.807, 2.05) is 23.9 Å². The van der Waals surface area contributed by atoms with E-state index in [0.29, 0.717) is 5.78 Å². The maximum absolute atomic E-state index is 12.3. The number of halogens is 1. The summed E-state index contributed by atoms with van der Waals surface area (Å²) in [5.74, 6) is 1.47. The van der Waals surface area contributed by atoms with Gasteiger partial charge in [-0.3, -0.25) is 4.79 Å². The Hall–Kier alpha value is -0.0300.